The third-order valence-electron chi connectivity index (χ3n) is 3.47. The van der Waals surface area contributed by atoms with Crippen LogP contribution in [-0.4, -0.2) is 23.5 Å². The zero-order valence-electron chi connectivity index (χ0n) is 10.9. The standard InChI is InChI=1S/C14H21ClN2O/c1-18-14-9-5-6-11(17-14)10-16-13-8-4-2-3-7-12(13)15/h5-6,9,12-13,16H,2-4,7-8,10H2,1H3. The topological polar surface area (TPSA) is 34.1 Å². The highest BCUT2D eigenvalue weighted by Gasteiger charge is 2.21. The van der Waals surface area contributed by atoms with E-state index in [-0.39, 0.29) is 5.38 Å². The molecule has 3 nitrogen and oxygen atoms in total. The van der Waals surface area contributed by atoms with E-state index in [0.29, 0.717) is 11.9 Å². The van der Waals surface area contributed by atoms with Crippen LogP contribution in [0.5, 0.6) is 5.88 Å². The molecule has 2 unspecified atom stereocenters. The summed E-state index contributed by atoms with van der Waals surface area (Å²) in [7, 11) is 1.64. The quantitative estimate of drug-likeness (QED) is 0.673. The first-order valence-electron chi connectivity index (χ1n) is 6.67. The first kappa shape index (κ1) is 13.6. The number of aromatic nitrogens is 1. The Hall–Kier alpha value is -0.800. The molecule has 0 aliphatic heterocycles. The maximum Gasteiger partial charge on any atom is 0.213 e. The largest absolute Gasteiger partial charge is 0.481 e. The van der Waals surface area contributed by atoms with E-state index in [1.54, 1.807) is 7.11 Å². The van der Waals surface area contributed by atoms with Gasteiger partial charge in [-0.15, -0.1) is 11.6 Å². The lowest BCUT2D eigenvalue weighted by Crippen LogP contribution is -2.36. The Morgan fingerprint density at radius 3 is 3.00 bits per heavy atom. The van der Waals surface area contributed by atoms with Gasteiger partial charge in [-0.2, -0.15) is 0 Å². The summed E-state index contributed by atoms with van der Waals surface area (Å²) < 4.78 is 5.12. The van der Waals surface area contributed by atoms with Crippen LogP contribution in [0.1, 0.15) is 37.8 Å². The number of alkyl halides is 1. The van der Waals surface area contributed by atoms with Gasteiger partial charge in [0.2, 0.25) is 5.88 Å². The Kier molecular flexibility index (Phi) is 5.26. The molecule has 0 bridgehead atoms. The molecule has 1 N–H and O–H groups in total. The monoisotopic (exact) mass is 268 g/mol. The van der Waals surface area contributed by atoms with Gasteiger partial charge in [0.05, 0.1) is 12.8 Å². The van der Waals surface area contributed by atoms with Crippen molar-refractivity contribution < 1.29 is 4.74 Å². The number of nitrogens with one attached hydrogen (secondary N) is 1. The number of ether oxygens (including phenoxy) is 1. The van der Waals surface area contributed by atoms with Crippen molar-refractivity contribution in [1.82, 2.24) is 10.3 Å². The molecule has 18 heavy (non-hydrogen) atoms. The number of hydrogen-bond acceptors (Lipinski definition) is 3. The van der Waals surface area contributed by atoms with Gasteiger partial charge in [0.1, 0.15) is 0 Å². The SMILES string of the molecule is COc1cccc(CNC2CCCCCC2Cl)n1. The van der Waals surface area contributed by atoms with Gasteiger partial charge in [-0.3, -0.25) is 0 Å². The van der Waals surface area contributed by atoms with E-state index < -0.39 is 0 Å². The molecular weight excluding hydrogens is 248 g/mol. The number of rotatable bonds is 4. The molecule has 1 saturated carbocycles. The summed E-state index contributed by atoms with van der Waals surface area (Å²) in [6, 6.07) is 6.24. The van der Waals surface area contributed by atoms with Crippen LogP contribution in [0.15, 0.2) is 18.2 Å². The minimum atomic E-state index is 0.248. The highest BCUT2D eigenvalue weighted by Crippen LogP contribution is 2.22. The zero-order chi connectivity index (χ0) is 12.8. The van der Waals surface area contributed by atoms with E-state index >= 15 is 0 Å². The fraction of sp³-hybridized carbons (Fsp3) is 0.643. The molecule has 1 aromatic heterocycles. The van der Waals surface area contributed by atoms with Crippen LogP contribution in [-0.2, 0) is 6.54 Å². The van der Waals surface area contributed by atoms with Crippen molar-refractivity contribution in [2.45, 2.75) is 50.1 Å². The molecule has 0 amide bonds. The third kappa shape index (κ3) is 3.85. The summed E-state index contributed by atoms with van der Waals surface area (Å²) >= 11 is 6.40. The van der Waals surface area contributed by atoms with Crippen molar-refractivity contribution in [1.29, 1.82) is 0 Å². The second-order valence-electron chi connectivity index (χ2n) is 4.81. The molecule has 1 aromatic rings. The van der Waals surface area contributed by atoms with Crippen LogP contribution in [0.2, 0.25) is 0 Å². The van der Waals surface area contributed by atoms with Gasteiger partial charge in [-0.25, -0.2) is 4.98 Å². The zero-order valence-corrected chi connectivity index (χ0v) is 11.6. The van der Waals surface area contributed by atoms with Crippen LogP contribution in [0, 0.1) is 0 Å². The summed E-state index contributed by atoms with van der Waals surface area (Å²) in [5, 5.41) is 3.78. The van der Waals surface area contributed by atoms with Crippen LogP contribution in [0.3, 0.4) is 0 Å². The summed E-state index contributed by atoms with van der Waals surface area (Å²) in [6.07, 6.45) is 6.11. The summed E-state index contributed by atoms with van der Waals surface area (Å²) in [6.45, 7) is 0.755. The molecule has 100 valence electrons. The third-order valence-corrected chi connectivity index (χ3v) is 3.99. The van der Waals surface area contributed by atoms with Crippen LogP contribution >= 0.6 is 11.6 Å². The van der Waals surface area contributed by atoms with Crippen molar-refractivity contribution in [2.24, 2.45) is 0 Å². The van der Waals surface area contributed by atoms with Crippen molar-refractivity contribution in [3.63, 3.8) is 0 Å². The van der Waals surface area contributed by atoms with E-state index in [1.165, 1.54) is 19.3 Å². The van der Waals surface area contributed by atoms with E-state index in [2.05, 4.69) is 10.3 Å². The highest BCUT2D eigenvalue weighted by molar-refractivity contribution is 6.21. The summed E-state index contributed by atoms with van der Waals surface area (Å²) in [5.41, 5.74) is 1.00. The molecule has 4 heteroatoms. The summed E-state index contributed by atoms with van der Waals surface area (Å²) in [5.74, 6) is 0.664. The lowest BCUT2D eigenvalue weighted by atomic mass is 10.1. The minimum Gasteiger partial charge on any atom is -0.481 e. The predicted octanol–water partition coefficient (Wildman–Crippen LogP) is 3.12. The van der Waals surface area contributed by atoms with Gasteiger partial charge < -0.3 is 10.1 Å². The minimum absolute atomic E-state index is 0.248. The molecular formula is C14H21ClN2O. The lowest BCUT2D eigenvalue weighted by molar-refractivity contribution is 0.394. The Morgan fingerprint density at radius 1 is 1.33 bits per heavy atom. The maximum atomic E-state index is 6.40. The molecule has 1 aliphatic carbocycles. The molecule has 0 aromatic carbocycles. The second kappa shape index (κ2) is 6.95. The Bertz CT molecular complexity index is 373. The van der Waals surface area contributed by atoms with Crippen molar-refractivity contribution >= 4 is 11.6 Å². The van der Waals surface area contributed by atoms with Gasteiger partial charge in [0.15, 0.2) is 0 Å². The number of nitrogens with zero attached hydrogens (tertiary/aromatic N) is 1. The van der Waals surface area contributed by atoms with Crippen molar-refractivity contribution in [3.8, 4) is 5.88 Å². The average molecular weight is 269 g/mol. The van der Waals surface area contributed by atoms with E-state index in [4.69, 9.17) is 16.3 Å². The fourth-order valence-corrected chi connectivity index (χ4v) is 2.77. The predicted molar refractivity (Wildman–Crippen MR) is 74.1 cm³/mol. The van der Waals surface area contributed by atoms with Crippen molar-refractivity contribution in [3.05, 3.63) is 23.9 Å². The Balaban J connectivity index is 1.89. The van der Waals surface area contributed by atoms with Crippen LogP contribution in [0.25, 0.3) is 0 Å². The van der Waals surface area contributed by atoms with E-state index in [9.17, 15) is 0 Å². The lowest BCUT2D eigenvalue weighted by Gasteiger charge is -2.21. The van der Waals surface area contributed by atoms with Gasteiger partial charge in [0, 0.05) is 24.0 Å². The van der Waals surface area contributed by atoms with Crippen LogP contribution < -0.4 is 10.1 Å². The van der Waals surface area contributed by atoms with Gasteiger partial charge in [0.25, 0.3) is 0 Å². The average Bonchev–Trinajstić information content (AvgIpc) is 2.61. The molecule has 0 spiro atoms. The molecule has 1 fully saturated rings. The van der Waals surface area contributed by atoms with Gasteiger partial charge in [-0.05, 0) is 18.9 Å². The summed E-state index contributed by atoms with van der Waals surface area (Å²) in [4.78, 5) is 4.40. The number of hydrogen-bond donors (Lipinski definition) is 1. The molecule has 1 heterocycles. The Labute approximate surface area is 114 Å². The first-order chi connectivity index (χ1) is 8.79. The van der Waals surface area contributed by atoms with E-state index in [0.717, 1.165) is 25.1 Å². The fourth-order valence-electron chi connectivity index (χ4n) is 2.40. The molecule has 2 atom stereocenters. The van der Waals surface area contributed by atoms with Crippen molar-refractivity contribution in [2.75, 3.05) is 7.11 Å². The van der Waals surface area contributed by atoms with Gasteiger partial charge >= 0.3 is 0 Å². The number of pyridine rings is 1. The number of halogens is 1. The van der Waals surface area contributed by atoms with Gasteiger partial charge in [-0.1, -0.05) is 25.3 Å². The first-order valence-corrected chi connectivity index (χ1v) is 7.10. The smallest absolute Gasteiger partial charge is 0.213 e. The molecule has 0 radical (unpaired) electrons. The van der Waals surface area contributed by atoms with E-state index in [1.807, 2.05) is 18.2 Å². The maximum absolute atomic E-state index is 6.40. The second-order valence-corrected chi connectivity index (χ2v) is 5.37. The molecule has 0 saturated heterocycles. The highest BCUT2D eigenvalue weighted by atomic mass is 35.5. The normalized spacial score (nSPS) is 24.6. The Morgan fingerprint density at radius 2 is 2.17 bits per heavy atom. The number of methoxy groups -OCH3 is 1. The molecule has 1 aliphatic rings. The van der Waals surface area contributed by atoms with Crippen LogP contribution in [0.4, 0.5) is 0 Å². The molecule has 2 rings (SSSR count).